The summed E-state index contributed by atoms with van der Waals surface area (Å²) in [4.78, 5) is 33.2. The topological polar surface area (TPSA) is 108 Å². The number of alkyl carbamates (subject to hydrolysis) is 1. The van der Waals surface area contributed by atoms with Crippen molar-refractivity contribution in [1.82, 2.24) is 5.32 Å². The van der Waals surface area contributed by atoms with Gasteiger partial charge in [-0.05, 0) is 12.5 Å². The van der Waals surface area contributed by atoms with Crippen LogP contribution in [0, 0.1) is 0 Å². The number of benzene rings is 1. The van der Waals surface area contributed by atoms with E-state index in [1.165, 1.54) is 6.92 Å². The fraction of sp³-hybridized carbons (Fsp3) is 0.308. The second-order valence-electron chi connectivity index (χ2n) is 4.00. The SMILES string of the molecule is C[C@H](NC(=O)OCc1ccccc1)C(=O)OCC(N)=O. The molecule has 0 aliphatic rings. The zero-order chi connectivity index (χ0) is 15.0. The number of rotatable bonds is 6. The van der Waals surface area contributed by atoms with E-state index in [1.807, 2.05) is 18.2 Å². The summed E-state index contributed by atoms with van der Waals surface area (Å²) in [5, 5.41) is 2.29. The quantitative estimate of drug-likeness (QED) is 0.730. The van der Waals surface area contributed by atoms with Gasteiger partial charge in [-0.1, -0.05) is 30.3 Å². The molecule has 0 saturated carbocycles. The molecule has 0 aliphatic heterocycles. The van der Waals surface area contributed by atoms with E-state index < -0.39 is 30.6 Å². The van der Waals surface area contributed by atoms with E-state index in [-0.39, 0.29) is 6.61 Å². The van der Waals surface area contributed by atoms with Crippen LogP contribution in [0.3, 0.4) is 0 Å². The molecule has 108 valence electrons. The molecule has 0 bridgehead atoms. The zero-order valence-electron chi connectivity index (χ0n) is 11.0. The lowest BCUT2D eigenvalue weighted by molar-refractivity contribution is -0.149. The maximum atomic E-state index is 11.4. The van der Waals surface area contributed by atoms with Crippen LogP contribution in [0.15, 0.2) is 30.3 Å². The second kappa shape index (κ2) is 7.78. The maximum absolute atomic E-state index is 11.4. The van der Waals surface area contributed by atoms with Crippen LogP contribution in [-0.2, 0) is 25.7 Å². The average Bonchev–Trinajstić information content (AvgIpc) is 2.43. The van der Waals surface area contributed by atoms with E-state index in [0.717, 1.165) is 5.56 Å². The van der Waals surface area contributed by atoms with Gasteiger partial charge in [0.25, 0.3) is 5.91 Å². The van der Waals surface area contributed by atoms with Gasteiger partial charge < -0.3 is 20.5 Å². The van der Waals surface area contributed by atoms with Gasteiger partial charge in [0.1, 0.15) is 12.6 Å². The molecule has 1 aromatic carbocycles. The van der Waals surface area contributed by atoms with Crippen LogP contribution in [0.2, 0.25) is 0 Å². The Hall–Kier alpha value is -2.57. The fourth-order valence-electron chi connectivity index (χ4n) is 1.27. The molecule has 0 aliphatic carbocycles. The van der Waals surface area contributed by atoms with Crippen molar-refractivity contribution in [2.45, 2.75) is 19.6 Å². The molecular weight excluding hydrogens is 264 g/mol. The Morgan fingerprint density at radius 3 is 2.45 bits per heavy atom. The van der Waals surface area contributed by atoms with Gasteiger partial charge in [0, 0.05) is 0 Å². The summed E-state index contributed by atoms with van der Waals surface area (Å²) in [5.41, 5.74) is 5.65. The molecule has 1 aromatic rings. The first-order chi connectivity index (χ1) is 9.49. The third kappa shape index (κ3) is 5.85. The molecule has 1 rings (SSSR count). The molecule has 0 radical (unpaired) electrons. The van der Waals surface area contributed by atoms with Gasteiger partial charge in [-0.3, -0.25) is 4.79 Å². The lowest BCUT2D eigenvalue weighted by Crippen LogP contribution is -2.40. The summed E-state index contributed by atoms with van der Waals surface area (Å²) in [5.74, 6) is -1.53. The molecule has 0 heterocycles. The Balaban J connectivity index is 2.30. The first-order valence-corrected chi connectivity index (χ1v) is 5.91. The van der Waals surface area contributed by atoms with E-state index >= 15 is 0 Å². The summed E-state index contributed by atoms with van der Waals surface area (Å²) in [6, 6.07) is 8.16. The van der Waals surface area contributed by atoms with E-state index in [2.05, 4.69) is 10.1 Å². The molecule has 0 aromatic heterocycles. The van der Waals surface area contributed by atoms with Crippen LogP contribution in [0.1, 0.15) is 12.5 Å². The summed E-state index contributed by atoms with van der Waals surface area (Å²) in [6.07, 6.45) is -0.752. The first kappa shape index (κ1) is 15.5. The molecule has 0 spiro atoms. The van der Waals surface area contributed by atoms with Crippen molar-refractivity contribution in [3.8, 4) is 0 Å². The standard InChI is InChI=1S/C13H16N2O5/c1-9(12(17)19-8-11(14)16)15-13(18)20-7-10-5-3-2-4-6-10/h2-6,9H,7-8H2,1H3,(H2,14,16)(H,15,18)/t9-/m0/s1. The van der Waals surface area contributed by atoms with E-state index in [9.17, 15) is 14.4 Å². The first-order valence-electron chi connectivity index (χ1n) is 5.91. The Labute approximate surface area is 116 Å². The average molecular weight is 280 g/mol. The smallest absolute Gasteiger partial charge is 0.408 e. The monoisotopic (exact) mass is 280 g/mol. The highest BCUT2D eigenvalue weighted by atomic mass is 16.6. The number of hydrogen-bond acceptors (Lipinski definition) is 5. The summed E-state index contributed by atoms with van der Waals surface area (Å²) in [6.45, 7) is 0.979. The normalized spacial score (nSPS) is 11.2. The van der Waals surface area contributed by atoms with Gasteiger partial charge in [-0.15, -0.1) is 0 Å². The number of amides is 2. The minimum Gasteiger partial charge on any atom is -0.454 e. The maximum Gasteiger partial charge on any atom is 0.408 e. The van der Waals surface area contributed by atoms with E-state index in [4.69, 9.17) is 10.5 Å². The highest BCUT2D eigenvalue weighted by Crippen LogP contribution is 2.00. The number of carbonyl (C=O) groups excluding carboxylic acids is 3. The van der Waals surface area contributed by atoms with Gasteiger partial charge in [-0.2, -0.15) is 0 Å². The van der Waals surface area contributed by atoms with Crippen molar-refractivity contribution in [2.75, 3.05) is 6.61 Å². The molecule has 7 nitrogen and oxygen atoms in total. The minimum atomic E-state index is -0.933. The number of esters is 1. The van der Waals surface area contributed by atoms with Crippen LogP contribution < -0.4 is 11.1 Å². The molecule has 2 amide bonds. The van der Waals surface area contributed by atoms with Crippen molar-refractivity contribution in [1.29, 1.82) is 0 Å². The third-order valence-corrected chi connectivity index (χ3v) is 2.26. The summed E-state index contributed by atoms with van der Waals surface area (Å²) >= 11 is 0. The van der Waals surface area contributed by atoms with E-state index in [0.29, 0.717) is 0 Å². The summed E-state index contributed by atoms with van der Waals surface area (Å²) < 4.78 is 9.47. The van der Waals surface area contributed by atoms with Crippen LogP contribution in [-0.4, -0.2) is 30.6 Å². The third-order valence-electron chi connectivity index (χ3n) is 2.26. The predicted molar refractivity (Wildman–Crippen MR) is 69.4 cm³/mol. The molecule has 20 heavy (non-hydrogen) atoms. The largest absolute Gasteiger partial charge is 0.454 e. The predicted octanol–water partition coefficient (Wildman–Crippen LogP) is 0.330. The number of primary amides is 1. The Bertz CT molecular complexity index is 475. The molecule has 7 heteroatoms. The number of nitrogens with one attached hydrogen (secondary N) is 1. The van der Waals surface area contributed by atoms with Gasteiger partial charge >= 0.3 is 12.1 Å². The van der Waals surface area contributed by atoms with Crippen molar-refractivity contribution >= 4 is 18.0 Å². The number of ether oxygens (including phenoxy) is 2. The van der Waals surface area contributed by atoms with Gasteiger partial charge in [0.15, 0.2) is 6.61 Å². The highest BCUT2D eigenvalue weighted by molar-refractivity contribution is 5.83. The second-order valence-corrected chi connectivity index (χ2v) is 4.00. The molecule has 3 N–H and O–H groups in total. The van der Waals surface area contributed by atoms with Crippen LogP contribution >= 0.6 is 0 Å². The number of carbonyl (C=O) groups is 3. The van der Waals surface area contributed by atoms with Crippen LogP contribution in [0.5, 0.6) is 0 Å². The molecule has 0 unspecified atom stereocenters. The van der Waals surface area contributed by atoms with Crippen molar-refractivity contribution in [2.24, 2.45) is 5.73 Å². The Morgan fingerprint density at radius 1 is 1.20 bits per heavy atom. The number of nitrogens with two attached hydrogens (primary N) is 1. The lowest BCUT2D eigenvalue weighted by Gasteiger charge is -2.12. The number of hydrogen-bond donors (Lipinski definition) is 2. The van der Waals surface area contributed by atoms with Gasteiger partial charge in [0.05, 0.1) is 0 Å². The Morgan fingerprint density at radius 2 is 1.85 bits per heavy atom. The van der Waals surface area contributed by atoms with Crippen molar-refractivity contribution in [3.63, 3.8) is 0 Å². The van der Waals surface area contributed by atoms with E-state index in [1.54, 1.807) is 12.1 Å². The van der Waals surface area contributed by atoms with Gasteiger partial charge in [0.2, 0.25) is 0 Å². The van der Waals surface area contributed by atoms with Crippen molar-refractivity contribution < 1.29 is 23.9 Å². The fourth-order valence-corrected chi connectivity index (χ4v) is 1.27. The lowest BCUT2D eigenvalue weighted by atomic mass is 10.2. The minimum absolute atomic E-state index is 0.0930. The Kier molecular flexibility index (Phi) is 6.02. The molecule has 1 atom stereocenters. The zero-order valence-corrected chi connectivity index (χ0v) is 11.0. The molecule has 0 saturated heterocycles. The highest BCUT2D eigenvalue weighted by Gasteiger charge is 2.18. The summed E-state index contributed by atoms with van der Waals surface area (Å²) in [7, 11) is 0. The van der Waals surface area contributed by atoms with Crippen LogP contribution in [0.25, 0.3) is 0 Å². The molecular formula is C13H16N2O5. The van der Waals surface area contributed by atoms with Crippen molar-refractivity contribution in [3.05, 3.63) is 35.9 Å². The van der Waals surface area contributed by atoms with Crippen LogP contribution in [0.4, 0.5) is 4.79 Å². The van der Waals surface area contributed by atoms with Gasteiger partial charge in [-0.25, -0.2) is 9.59 Å². The molecule has 0 fully saturated rings.